The van der Waals surface area contributed by atoms with Gasteiger partial charge in [0.15, 0.2) is 23.0 Å². The van der Waals surface area contributed by atoms with Gasteiger partial charge in [0.1, 0.15) is 5.75 Å². The van der Waals surface area contributed by atoms with E-state index in [-0.39, 0.29) is 5.82 Å². The third kappa shape index (κ3) is 3.64. The van der Waals surface area contributed by atoms with Crippen molar-refractivity contribution in [1.29, 1.82) is 0 Å². The van der Waals surface area contributed by atoms with Crippen LogP contribution in [0, 0.1) is 0 Å². The molecule has 4 aromatic rings. The molecule has 2 aromatic carbocycles. The van der Waals surface area contributed by atoms with Crippen molar-refractivity contribution in [3.8, 4) is 23.0 Å². The second-order valence-electron chi connectivity index (χ2n) is 6.85. The zero-order chi connectivity index (χ0) is 22.8. The first-order valence-corrected chi connectivity index (χ1v) is 9.64. The maximum absolute atomic E-state index is 12.9. The van der Waals surface area contributed by atoms with Gasteiger partial charge in [0, 0.05) is 17.5 Å². The number of carbonyl (C=O) groups excluding carboxylic acids is 1. The average Bonchev–Trinajstić information content (AvgIpc) is 3.15. The lowest BCUT2D eigenvalue weighted by atomic mass is 10.1. The SMILES string of the molecule is COc1ccc2cc3c(N)nn(C(=O)C=Cc4cc(OC)c(OC)c(OC)c4)c3nc2c1. The van der Waals surface area contributed by atoms with Crippen molar-refractivity contribution in [3.63, 3.8) is 0 Å². The number of benzene rings is 2. The standard InChI is InChI=1S/C23H22N4O5/c1-29-15-7-6-14-11-16-22(24)26-27(23(16)25-17(14)12-15)20(28)8-5-13-9-18(30-2)21(32-4)19(10-13)31-3/h5-12H,1-4H3,(H2,24,26). The minimum atomic E-state index is -0.407. The lowest BCUT2D eigenvalue weighted by Crippen LogP contribution is -2.10. The van der Waals surface area contributed by atoms with Gasteiger partial charge in [-0.25, -0.2) is 4.98 Å². The molecule has 0 amide bonds. The zero-order valence-electron chi connectivity index (χ0n) is 18.1. The van der Waals surface area contributed by atoms with Gasteiger partial charge in [-0.3, -0.25) is 4.79 Å². The number of allylic oxidation sites excluding steroid dienone is 1. The Hall–Kier alpha value is -4.27. The monoisotopic (exact) mass is 434 g/mol. The Morgan fingerprint density at radius 3 is 2.31 bits per heavy atom. The molecule has 4 rings (SSSR count). The molecule has 0 aliphatic carbocycles. The predicted octanol–water partition coefficient (Wildman–Crippen LogP) is 3.55. The van der Waals surface area contributed by atoms with Crippen LogP contribution in [-0.4, -0.2) is 49.1 Å². The second-order valence-corrected chi connectivity index (χ2v) is 6.85. The lowest BCUT2D eigenvalue weighted by molar-refractivity contribution is 0.0960. The molecule has 0 aliphatic heterocycles. The number of fused-ring (bicyclic) bond motifs is 2. The molecule has 9 heteroatoms. The minimum absolute atomic E-state index is 0.222. The third-order valence-electron chi connectivity index (χ3n) is 5.00. The van der Waals surface area contributed by atoms with Gasteiger partial charge in [0.2, 0.25) is 5.75 Å². The van der Waals surface area contributed by atoms with Gasteiger partial charge >= 0.3 is 0 Å². The fourth-order valence-electron chi connectivity index (χ4n) is 3.41. The highest BCUT2D eigenvalue weighted by Gasteiger charge is 2.16. The van der Waals surface area contributed by atoms with Crippen LogP contribution in [0.15, 0.2) is 42.5 Å². The molecule has 2 N–H and O–H groups in total. The normalized spacial score (nSPS) is 11.2. The summed E-state index contributed by atoms with van der Waals surface area (Å²) in [6.07, 6.45) is 3.00. The van der Waals surface area contributed by atoms with Crippen LogP contribution in [0.4, 0.5) is 5.82 Å². The quantitative estimate of drug-likeness (QED) is 0.459. The smallest absolute Gasteiger partial charge is 0.272 e. The highest BCUT2D eigenvalue weighted by atomic mass is 16.5. The summed E-state index contributed by atoms with van der Waals surface area (Å²) in [5, 5.41) is 5.65. The Kier molecular flexibility index (Phi) is 5.55. The molecule has 32 heavy (non-hydrogen) atoms. The molecule has 0 saturated heterocycles. The molecule has 0 spiro atoms. The first kappa shape index (κ1) is 21.0. The molecule has 0 bridgehead atoms. The van der Waals surface area contributed by atoms with Gasteiger partial charge in [-0.2, -0.15) is 4.68 Å². The van der Waals surface area contributed by atoms with Gasteiger partial charge in [-0.1, -0.05) is 0 Å². The summed E-state index contributed by atoms with van der Waals surface area (Å²) in [5.41, 5.74) is 7.77. The Morgan fingerprint density at radius 2 is 1.69 bits per heavy atom. The van der Waals surface area contributed by atoms with Crippen LogP contribution in [0.2, 0.25) is 0 Å². The number of rotatable bonds is 6. The van der Waals surface area contributed by atoms with Crippen molar-refractivity contribution >= 4 is 39.7 Å². The van der Waals surface area contributed by atoms with Crippen molar-refractivity contribution in [3.05, 3.63) is 48.0 Å². The van der Waals surface area contributed by atoms with E-state index in [4.69, 9.17) is 24.7 Å². The van der Waals surface area contributed by atoms with E-state index in [1.807, 2.05) is 18.2 Å². The van der Waals surface area contributed by atoms with Gasteiger partial charge in [0.05, 0.1) is 39.3 Å². The summed E-state index contributed by atoms with van der Waals surface area (Å²) < 4.78 is 22.5. The van der Waals surface area contributed by atoms with E-state index in [9.17, 15) is 4.79 Å². The highest BCUT2D eigenvalue weighted by molar-refractivity contribution is 6.04. The molecule has 2 heterocycles. The fourth-order valence-corrected chi connectivity index (χ4v) is 3.41. The molecule has 0 unspecified atom stereocenters. The topological polar surface area (TPSA) is 111 Å². The summed E-state index contributed by atoms with van der Waals surface area (Å²) in [4.78, 5) is 17.5. The number of carbonyl (C=O) groups is 1. The minimum Gasteiger partial charge on any atom is -0.497 e. The highest BCUT2D eigenvalue weighted by Crippen LogP contribution is 2.38. The number of hydrogen-bond donors (Lipinski definition) is 1. The van der Waals surface area contributed by atoms with Crippen LogP contribution in [0.25, 0.3) is 28.0 Å². The van der Waals surface area contributed by atoms with E-state index in [0.29, 0.717) is 45.1 Å². The maximum atomic E-state index is 12.9. The van der Waals surface area contributed by atoms with Crippen molar-refractivity contribution in [1.82, 2.24) is 14.8 Å². The summed E-state index contributed by atoms with van der Waals surface area (Å²) >= 11 is 0. The fraction of sp³-hybridized carbons (Fsp3) is 0.174. The van der Waals surface area contributed by atoms with Crippen molar-refractivity contribution in [2.75, 3.05) is 34.2 Å². The van der Waals surface area contributed by atoms with Gasteiger partial charge in [0.25, 0.3) is 5.91 Å². The first-order valence-electron chi connectivity index (χ1n) is 9.64. The number of nitrogen functional groups attached to an aromatic ring is 1. The van der Waals surface area contributed by atoms with E-state index in [2.05, 4.69) is 10.1 Å². The Morgan fingerprint density at radius 1 is 0.969 bits per heavy atom. The molecule has 2 aromatic heterocycles. The second kappa shape index (κ2) is 8.46. The van der Waals surface area contributed by atoms with Gasteiger partial charge in [-0.05, 0) is 42.0 Å². The van der Waals surface area contributed by atoms with Crippen molar-refractivity contribution in [2.24, 2.45) is 0 Å². The van der Waals surface area contributed by atoms with E-state index in [1.54, 1.807) is 31.4 Å². The van der Waals surface area contributed by atoms with Crippen LogP contribution in [0.1, 0.15) is 10.4 Å². The molecular formula is C23H22N4O5. The lowest BCUT2D eigenvalue weighted by Gasteiger charge is -2.12. The molecule has 0 saturated carbocycles. The number of nitrogens with zero attached hydrogens (tertiary/aromatic N) is 3. The molecule has 0 aliphatic rings. The van der Waals surface area contributed by atoms with Crippen LogP contribution in [0.5, 0.6) is 23.0 Å². The van der Waals surface area contributed by atoms with E-state index < -0.39 is 5.91 Å². The molecule has 9 nitrogen and oxygen atoms in total. The van der Waals surface area contributed by atoms with E-state index in [1.165, 1.54) is 32.1 Å². The summed E-state index contributed by atoms with van der Waals surface area (Å²) in [5.74, 6) is 1.91. The number of anilines is 1. The van der Waals surface area contributed by atoms with Crippen molar-refractivity contribution < 1.29 is 23.7 Å². The van der Waals surface area contributed by atoms with E-state index in [0.717, 1.165) is 5.39 Å². The molecular weight excluding hydrogens is 412 g/mol. The third-order valence-corrected chi connectivity index (χ3v) is 5.00. The number of ether oxygens (including phenoxy) is 4. The number of hydrogen-bond acceptors (Lipinski definition) is 8. The van der Waals surface area contributed by atoms with Gasteiger partial charge in [-0.15, -0.1) is 5.10 Å². The van der Waals surface area contributed by atoms with Crippen LogP contribution < -0.4 is 24.7 Å². The van der Waals surface area contributed by atoms with Crippen LogP contribution in [-0.2, 0) is 0 Å². The molecule has 164 valence electrons. The molecule has 0 atom stereocenters. The summed E-state index contributed by atoms with van der Waals surface area (Å²) in [6.45, 7) is 0. The average molecular weight is 434 g/mol. The largest absolute Gasteiger partial charge is 0.497 e. The number of methoxy groups -OCH3 is 4. The summed E-state index contributed by atoms with van der Waals surface area (Å²) in [7, 11) is 6.16. The zero-order valence-corrected chi connectivity index (χ0v) is 18.1. The van der Waals surface area contributed by atoms with Crippen LogP contribution >= 0.6 is 0 Å². The Bertz CT molecular complexity index is 1330. The maximum Gasteiger partial charge on any atom is 0.272 e. The predicted molar refractivity (Wildman–Crippen MR) is 122 cm³/mol. The number of nitrogens with two attached hydrogens (primary N) is 1. The van der Waals surface area contributed by atoms with E-state index >= 15 is 0 Å². The number of aromatic nitrogens is 3. The van der Waals surface area contributed by atoms with Gasteiger partial charge < -0.3 is 24.7 Å². The molecule has 0 fully saturated rings. The van der Waals surface area contributed by atoms with Crippen LogP contribution in [0.3, 0.4) is 0 Å². The molecule has 0 radical (unpaired) electrons. The summed E-state index contributed by atoms with van der Waals surface area (Å²) in [6, 6.07) is 10.8. The Labute approximate surface area is 183 Å². The Balaban J connectivity index is 1.74. The van der Waals surface area contributed by atoms with Crippen molar-refractivity contribution in [2.45, 2.75) is 0 Å². The number of pyridine rings is 1. The first-order chi connectivity index (χ1) is 15.5.